The number of nitrogens with zero attached hydrogens (tertiary/aromatic N) is 2. The monoisotopic (exact) mass is 389 g/mol. The van der Waals surface area contributed by atoms with E-state index in [0.29, 0.717) is 12.2 Å². The number of anilines is 1. The van der Waals surface area contributed by atoms with Crippen molar-refractivity contribution in [3.8, 4) is 11.4 Å². The van der Waals surface area contributed by atoms with Gasteiger partial charge in [0.2, 0.25) is 0 Å². The van der Waals surface area contributed by atoms with Crippen LogP contribution in [0.4, 0.5) is 18.9 Å². The lowest BCUT2D eigenvalue weighted by Gasteiger charge is -2.20. The molecule has 2 aromatic carbocycles. The third-order valence-corrected chi connectivity index (χ3v) is 4.02. The minimum absolute atomic E-state index is 0.239. The molecule has 146 valence electrons. The molecule has 1 amide bonds. The molecule has 0 bridgehead atoms. The van der Waals surface area contributed by atoms with Crippen molar-refractivity contribution in [3.05, 3.63) is 72.6 Å². The Bertz CT molecular complexity index is 926. The minimum Gasteiger partial charge on any atom is -0.481 e. The van der Waals surface area contributed by atoms with Crippen molar-refractivity contribution in [1.82, 2.24) is 9.78 Å². The lowest BCUT2D eigenvalue weighted by Crippen LogP contribution is -2.33. The maximum atomic E-state index is 13.5. The van der Waals surface area contributed by atoms with Gasteiger partial charge in [0.05, 0.1) is 16.9 Å². The number of benzene rings is 2. The second-order valence-corrected chi connectivity index (χ2v) is 6.00. The average molecular weight is 389 g/mol. The Morgan fingerprint density at radius 2 is 1.93 bits per heavy atom. The zero-order valence-corrected chi connectivity index (χ0v) is 15.0. The van der Waals surface area contributed by atoms with E-state index in [0.717, 1.165) is 6.07 Å². The highest BCUT2D eigenvalue weighted by Crippen LogP contribution is 2.36. The van der Waals surface area contributed by atoms with Crippen LogP contribution in [0.3, 0.4) is 0 Å². The summed E-state index contributed by atoms with van der Waals surface area (Å²) >= 11 is 0. The first-order valence-electron chi connectivity index (χ1n) is 8.62. The van der Waals surface area contributed by atoms with E-state index in [9.17, 15) is 18.0 Å². The predicted octanol–water partition coefficient (Wildman–Crippen LogP) is 4.69. The van der Waals surface area contributed by atoms with Crippen LogP contribution < -0.4 is 10.1 Å². The number of ether oxygens (including phenoxy) is 1. The molecule has 1 aromatic heterocycles. The summed E-state index contributed by atoms with van der Waals surface area (Å²) in [6, 6.07) is 13.9. The average Bonchev–Trinajstić information content (AvgIpc) is 3.21. The molecule has 1 N–H and O–H groups in total. The number of carbonyl (C=O) groups is 1. The number of alkyl halides is 3. The van der Waals surface area contributed by atoms with Gasteiger partial charge in [-0.15, -0.1) is 0 Å². The highest BCUT2D eigenvalue weighted by molar-refractivity contribution is 5.95. The zero-order chi connectivity index (χ0) is 20.1. The van der Waals surface area contributed by atoms with Gasteiger partial charge in [-0.2, -0.15) is 18.3 Å². The number of rotatable bonds is 6. The first-order valence-corrected chi connectivity index (χ1v) is 8.62. The highest BCUT2D eigenvalue weighted by Gasteiger charge is 2.35. The molecule has 1 atom stereocenters. The van der Waals surface area contributed by atoms with E-state index in [1.165, 1.54) is 29.2 Å². The van der Waals surface area contributed by atoms with E-state index >= 15 is 0 Å². The van der Waals surface area contributed by atoms with Crippen LogP contribution in [0.1, 0.15) is 18.9 Å². The van der Waals surface area contributed by atoms with Crippen molar-refractivity contribution in [1.29, 1.82) is 0 Å². The van der Waals surface area contributed by atoms with Crippen molar-refractivity contribution in [2.45, 2.75) is 25.6 Å². The van der Waals surface area contributed by atoms with E-state index in [-0.39, 0.29) is 11.4 Å². The van der Waals surface area contributed by atoms with Gasteiger partial charge < -0.3 is 10.1 Å². The Hall–Kier alpha value is -3.29. The van der Waals surface area contributed by atoms with Crippen molar-refractivity contribution in [2.75, 3.05) is 5.32 Å². The lowest BCUT2D eigenvalue weighted by atomic mass is 10.1. The van der Waals surface area contributed by atoms with Gasteiger partial charge in [-0.1, -0.05) is 25.1 Å². The maximum Gasteiger partial charge on any atom is 0.418 e. The summed E-state index contributed by atoms with van der Waals surface area (Å²) in [6.45, 7) is 1.72. The van der Waals surface area contributed by atoms with E-state index in [2.05, 4.69) is 10.4 Å². The van der Waals surface area contributed by atoms with Gasteiger partial charge in [0.15, 0.2) is 6.10 Å². The summed E-state index contributed by atoms with van der Waals surface area (Å²) in [5.74, 6) is -0.182. The Labute approximate surface area is 159 Å². The van der Waals surface area contributed by atoms with Crippen LogP contribution in [0.25, 0.3) is 5.69 Å². The van der Waals surface area contributed by atoms with Crippen LogP contribution in [0.2, 0.25) is 0 Å². The SMILES string of the molecule is CC[C@H](Oc1ccccc1)C(=O)Nc1ccc(-n2cccn2)cc1C(F)(F)F. The predicted molar refractivity (Wildman–Crippen MR) is 98.3 cm³/mol. The number of amides is 1. The maximum absolute atomic E-state index is 13.5. The molecule has 3 aromatic rings. The van der Waals surface area contributed by atoms with Crippen LogP contribution >= 0.6 is 0 Å². The second kappa shape index (κ2) is 8.16. The first-order chi connectivity index (χ1) is 13.4. The summed E-state index contributed by atoms with van der Waals surface area (Å²) < 4.78 is 47.5. The van der Waals surface area contributed by atoms with Gasteiger partial charge in [-0.25, -0.2) is 4.68 Å². The molecule has 0 unspecified atom stereocenters. The largest absolute Gasteiger partial charge is 0.481 e. The van der Waals surface area contributed by atoms with Crippen molar-refractivity contribution in [2.24, 2.45) is 0 Å². The first kappa shape index (κ1) is 19.5. The minimum atomic E-state index is -4.65. The molecule has 0 saturated heterocycles. The van der Waals surface area contributed by atoms with Crippen LogP contribution in [-0.2, 0) is 11.0 Å². The fourth-order valence-corrected chi connectivity index (χ4v) is 2.64. The topological polar surface area (TPSA) is 56.1 Å². The quantitative estimate of drug-likeness (QED) is 0.666. The van der Waals surface area contributed by atoms with Gasteiger partial charge in [0, 0.05) is 12.4 Å². The van der Waals surface area contributed by atoms with E-state index in [4.69, 9.17) is 4.74 Å². The number of hydrogen-bond acceptors (Lipinski definition) is 3. The lowest BCUT2D eigenvalue weighted by molar-refractivity contribution is -0.137. The summed E-state index contributed by atoms with van der Waals surface area (Å²) in [6.07, 6.45) is -2.26. The van der Waals surface area contributed by atoms with Crippen molar-refractivity contribution in [3.63, 3.8) is 0 Å². The van der Waals surface area contributed by atoms with Crippen molar-refractivity contribution < 1.29 is 22.7 Å². The molecule has 0 radical (unpaired) electrons. The van der Waals surface area contributed by atoms with Gasteiger partial charge in [0.1, 0.15) is 5.75 Å². The summed E-state index contributed by atoms with van der Waals surface area (Å²) in [7, 11) is 0. The molecule has 0 aliphatic rings. The van der Waals surface area contributed by atoms with Crippen LogP contribution in [0, 0.1) is 0 Å². The van der Waals surface area contributed by atoms with Gasteiger partial charge >= 0.3 is 6.18 Å². The third-order valence-electron chi connectivity index (χ3n) is 4.02. The molecule has 0 aliphatic carbocycles. The standard InChI is InChI=1S/C20H18F3N3O2/c1-2-18(28-15-7-4-3-5-8-15)19(27)25-17-10-9-14(26-12-6-11-24-26)13-16(17)20(21,22)23/h3-13,18H,2H2,1H3,(H,25,27)/t18-/m0/s1. The van der Waals surface area contributed by atoms with E-state index in [1.807, 2.05) is 0 Å². The summed E-state index contributed by atoms with van der Waals surface area (Å²) in [4.78, 5) is 12.5. The number of hydrogen-bond donors (Lipinski definition) is 1. The highest BCUT2D eigenvalue weighted by atomic mass is 19.4. The molecular formula is C20H18F3N3O2. The Morgan fingerprint density at radius 3 is 2.54 bits per heavy atom. The molecule has 0 spiro atoms. The number of carbonyl (C=O) groups excluding carboxylic acids is 1. The molecule has 0 fully saturated rings. The molecule has 5 nitrogen and oxygen atoms in total. The summed E-state index contributed by atoms with van der Waals surface area (Å²) in [5, 5.41) is 6.28. The smallest absolute Gasteiger partial charge is 0.418 e. The number of para-hydroxylation sites is 1. The van der Waals surface area contributed by atoms with Gasteiger partial charge in [-0.3, -0.25) is 4.79 Å². The molecule has 3 rings (SSSR count). The number of halogens is 3. The second-order valence-electron chi connectivity index (χ2n) is 6.00. The number of nitrogens with one attached hydrogen (secondary N) is 1. The fraction of sp³-hybridized carbons (Fsp3) is 0.200. The summed E-state index contributed by atoms with van der Waals surface area (Å²) in [5.41, 5.74) is -1.05. The normalized spacial score (nSPS) is 12.4. The molecular weight excluding hydrogens is 371 g/mol. The Morgan fingerprint density at radius 1 is 1.18 bits per heavy atom. The third kappa shape index (κ3) is 4.51. The van der Waals surface area contributed by atoms with Gasteiger partial charge in [0.25, 0.3) is 5.91 Å². The molecule has 28 heavy (non-hydrogen) atoms. The van der Waals surface area contributed by atoms with Crippen LogP contribution in [0.15, 0.2) is 67.0 Å². The Kier molecular flexibility index (Phi) is 5.67. The van der Waals surface area contributed by atoms with Crippen LogP contribution in [0.5, 0.6) is 5.75 Å². The van der Waals surface area contributed by atoms with Crippen LogP contribution in [-0.4, -0.2) is 21.8 Å². The molecule has 0 aliphatic heterocycles. The van der Waals surface area contributed by atoms with E-state index < -0.39 is 23.8 Å². The molecule has 0 saturated carbocycles. The zero-order valence-electron chi connectivity index (χ0n) is 15.0. The van der Waals surface area contributed by atoms with E-state index in [1.54, 1.807) is 43.3 Å². The fourth-order valence-electron chi connectivity index (χ4n) is 2.64. The molecule has 8 heteroatoms. The Balaban J connectivity index is 1.84. The van der Waals surface area contributed by atoms with Gasteiger partial charge in [-0.05, 0) is 42.8 Å². The molecule has 1 heterocycles. The van der Waals surface area contributed by atoms with Crippen molar-refractivity contribution >= 4 is 11.6 Å². The number of aromatic nitrogens is 2.